The summed E-state index contributed by atoms with van der Waals surface area (Å²) in [6.07, 6.45) is 0. The third-order valence-corrected chi connectivity index (χ3v) is 2.19. The minimum Gasteiger partial charge on any atom is -0.378 e. The van der Waals surface area contributed by atoms with Gasteiger partial charge in [0.05, 0.1) is 6.54 Å². The normalized spacial score (nSPS) is 9.69. The van der Waals surface area contributed by atoms with Crippen LogP contribution in [0.3, 0.4) is 0 Å². The molecule has 1 aromatic rings. The summed E-state index contributed by atoms with van der Waals surface area (Å²) in [5.41, 5.74) is 2.07. The number of amides is 1. The van der Waals surface area contributed by atoms with Gasteiger partial charge in [-0.05, 0) is 25.1 Å². The quantitative estimate of drug-likeness (QED) is 0.787. The molecule has 0 unspecified atom stereocenters. The zero-order valence-corrected chi connectivity index (χ0v) is 10.1. The average Bonchev–Trinajstić information content (AvgIpc) is 2.27. The lowest BCUT2D eigenvalue weighted by atomic mass is 10.2. The van der Waals surface area contributed by atoms with Crippen molar-refractivity contribution in [3.05, 3.63) is 24.3 Å². The van der Waals surface area contributed by atoms with Crippen LogP contribution >= 0.6 is 0 Å². The van der Waals surface area contributed by atoms with Gasteiger partial charge in [0, 0.05) is 32.0 Å². The molecule has 1 amide bonds. The highest BCUT2D eigenvalue weighted by Gasteiger charge is 2.00. The van der Waals surface area contributed by atoms with Crippen LogP contribution in [0.4, 0.5) is 11.4 Å². The first-order valence-electron chi connectivity index (χ1n) is 5.41. The Labute approximate surface area is 96.6 Å². The molecule has 0 saturated carbocycles. The molecule has 2 N–H and O–H groups in total. The second-order valence-corrected chi connectivity index (χ2v) is 3.75. The maximum absolute atomic E-state index is 11.3. The first-order valence-corrected chi connectivity index (χ1v) is 5.41. The van der Waals surface area contributed by atoms with E-state index in [0.29, 0.717) is 13.1 Å². The van der Waals surface area contributed by atoms with Crippen LogP contribution in [-0.4, -0.2) is 33.1 Å². The van der Waals surface area contributed by atoms with Gasteiger partial charge in [0.2, 0.25) is 5.91 Å². The molecular weight excluding hydrogens is 202 g/mol. The summed E-state index contributed by atoms with van der Waals surface area (Å²) < 4.78 is 0. The molecule has 4 nitrogen and oxygen atoms in total. The zero-order valence-electron chi connectivity index (χ0n) is 10.1. The number of benzene rings is 1. The molecule has 0 aliphatic carbocycles. The molecule has 0 heterocycles. The van der Waals surface area contributed by atoms with Gasteiger partial charge in [-0.25, -0.2) is 0 Å². The van der Waals surface area contributed by atoms with Crippen LogP contribution in [0.1, 0.15) is 6.92 Å². The lowest BCUT2D eigenvalue weighted by Gasteiger charge is -2.14. The molecule has 0 saturated heterocycles. The SMILES string of the molecule is CCNC(=O)CNc1cccc(N(C)C)c1. The lowest BCUT2D eigenvalue weighted by molar-refractivity contribution is -0.119. The van der Waals surface area contributed by atoms with E-state index in [1.807, 2.05) is 50.2 Å². The number of carbonyl (C=O) groups is 1. The van der Waals surface area contributed by atoms with E-state index in [1.165, 1.54) is 0 Å². The van der Waals surface area contributed by atoms with E-state index in [-0.39, 0.29) is 5.91 Å². The summed E-state index contributed by atoms with van der Waals surface area (Å²) >= 11 is 0. The van der Waals surface area contributed by atoms with Gasteiger partial charge in [-0.2, -0.15) is 0 Å². The molecule has 0 bridgehead atoms. The minimum absolute atomic E-state index is 0.0118. The number of hydrogen-bond acceptors (Lipinski definition) is 3. The maximum atomic E-state index is 11.3. The summed E-state index contributed by atoms with van der Waals surface area (Å²) in [4.78, 5) is 13.3. The van der Waals surface area contributed by atoms with Gasteiger partial charge >= 0.3 is 0 Å². The van der Waals surface area contributed by atoms with Crippen LogP contribution in [-0.2, 0) is 4.79 Å². The van der Waals surface area contributed by atoms with Crippen molar-refractivity contribution in [2.24, 2.45) is 0 Å². The molecule has 4 heteroatoms. The Bertz CT molecular complexity index is 350. The summed E-state index contributed by atoms with van der Waals surface area (Å²) in [7, 11) is 3.98. The molecule has 0 aliphatic heterocycles. The number of rotatable bonds is 5. The van der Waals surface area contributed by atoms with Crippen LogP contribution in [0.15, 0.2) is 24.3 Å². The standard InChI is InChI=1S/C12H19N3O/c1-4-13-12(16)9-14-10-6-5-7-11(8-10)15(2)3/h5-8,14H,4,9H2,1-3H3,(H,13,16). The Morgan fingerprint density at radius 3 is 2.75 bits per heavy atom. The predicted molar refractivity (Wildman–Crippen MR) is 67.9 cm³/mol. The van der Waals surface area contributed by atoms with E-state index in [9.17, 15) is 4.79 Å². The highest BCUT2D eigenvalue weighted by Crippen LogP contribution is 2.16. The molecule has 0 fully saturated rings. The van der Waals surface area contributed by atoms with E-state index >= 15 is 0 Å². The number of carbonyl (C=O) groups excluding carboxylic acids is 1. The molecule has 1 aromatic carbocycles. The van der Waals surface area contributed by atoms with Gasteiger partial charge in [-0.3, -0.25) is 4.79 Å². The van der Waals surface area contributed by atoms with Crippen LogP contribution in [0.2, 0.25) is 0 Å². The van der Waals surface area contributed by atoms with Crippen molar-refractivity contribution in [3.8, 4) is 0 Å². The smallest absolute Gasteiger partial charge is 0.239 e. The van der Waals surface area contributed by atoms with Gasteiger partial charge in [0.1, 0.15) is 0 Å². The maximum Gasteiger partial charge on any atom is 0.239 e. The monoisotopic (exact) mass is 221 g/mol. The fraction of sp³-hybridized carbons (Fsp3) is 0.417. The number of nitrogens with zero attached hydrogens (tertiary/aromatic N) is 1. The van der Waals surface area contributed by atoms with Crippen LogP contribution in [0.25, 0.3) is 0 Å². The van der Waals surface area contributed by atoms with Crippen molar-refractivity contribution in [1.82, 2.24) is 5.32 Å². The molecule has 16 heavy (non-hydrogen) atoms. The Balaban J connectivity index is 2.54. The van der Waals surface area contributed by atoms with Crippen molar-refractivity contribution in [1.29, 1.82) is 0 Å². The summed E-state index contributed by atoms with van der Waals surface area (Å²) in [6.45, 7) is 2.88. The largest absolute Gasteiger partial charge is 0.378 e. The molecule has 1 rings (SSSR count). The third kappa shape index (κ3) is 3.81. The van der Waals surface area contributed by atoms with E-state index in [2.05, 4.69) is 10.6 Å². The number of hydrogen-bond donors (Lipinski definition) is 2. The van der Waals surface area contributed by atoms with Crippen LogP contribution in [0, 0.1) is 0 Å². The van der Waals surface area contributed by atoms with E-state index in [0.717, 1.165) is 11.4 Å². The second kappa shape index (κ2) is 6.00. The molecule has 0 aromatic heterocycles. The predicted octanol–water partition coefficient (Wildman–Crippen LogP) is 1.30. The van der Waals surface area contributed by atoms with E-state index in [1.54, 1.807) is 0 Å². The Hall–Kier alpha value is -1.71. The topological polar surface area (TPSA) is 44.4 Å². The van der Waals surface area contributed by atoms with Crippen LogP contribution < -0.4 is 15.5 Å². The first-order chi connectivity index (χ1) is 7.63. The van der Waals surface area contributed by atoms with E-state index in [4.69, 9.17) is 0 Å². The number of nitrogens with one attached hydrogen (secondary N) is 2. The van der Waals surface area contributed by atoms with Gasteiger partial charge in [-0.15, -0.1) is 0 Å². The molecule has 88 valence electrons. The highest BCUT2D eigenvalue weighted by molar-refractivity contribution is 5.80. The van der Waals surface area contributed by atoms with Gasteiger partial charge in [0.25, 0.3) is 0 Å². The summed E-state index contributed by atoms with van der Waals surface area (Å²) in [5.74, 6) is 0.0118. The summed E-state index contributed by atoms with van der Waals surface area (Å²) in [5, 5.41) is 5.83. The molecular formula is C12H19N3O. The third-order valence-electron chi connectivity index (χ3n) is 2.19. The highest BCUT2D eigenvalue weighted by atomic mass is 16.1. The fourth-order valence-electron chi connectivity index (χ4n) is 1.34. The first kappa shape index (κ1) is 12.4. The van der Waals surface area contributed by atoms with Gasteiger partial charge < -0.3 is 15.5 Å². The van der Waals surface area contributed by atoms with Gasteiger partial charge in [0.15, 0.2) is 0 Å². The minimum atomic E-state index is 0.0118. The Morgan fingerprint density at radius 1 is 1.38 bits per heavy atom. The van der Waals surface area contributed by atoms with Crippen molar-refractivity contribution in [3.63, 3.8) is 0 Å². The van der Waals surface area contributed by atoms with Gasteiger partial charge in [-0.1, -0.05) is 6.07 Å². The Kier molecular flexibility index (Phi) is 4.64. The Morgan fingerprint density at radius 2 is 2.12 bits per heavy atom. The lowest BCUT2D eigenvalue weighted by Crippen LogP contribution is -2.29. The van der Waals surface area contributed by atoms with Crippen molar-refractivity contribution in [2.45, 2.75) is 6.92 Å². The molecule has 0 atom stereocenters. The second-order valence-electron chi connectivity index (χ2n) is 3.75. The van der Waals surface area contributed by atoms with Crippen molar-refractivity contribution < 1.29 is 4.79 Å². The van der Waals surface area contributed by atoms with Crippen LogP contribution in [0.5, 0.6) is 0 Å². The van der Waals surface area contributed by atoms with E-state index < -0.39 is 0 Å². The number of likely N-dealkylation sites (N-methyl/N-ethyl adjacent to an activating group) is 1. The van der Waals surface area contributed by atoms with Crippen molar-refractivity contribution >= 4 is 17.3 Å². The number of anilines is 2. The van der Waals surface area contributed by atoms with Crippen molar-refractivity contribution in [2.75, 3.05) is 37.4 Å². The fourth-order valence-corrected chi connectivity index (χ4v) is 1.34. The summed E-state index contributed by atoms with van der Waals surface area (Å²) in [6, 6.07) is 7.96. The molecule has 0 aliphatic rings. The molecule has 0 spiro atoms. The average molecular weight is 221 g/mol. The zero-order chi connectivity index (χ0) is 12.0. The molecule has 0 radical (unpaired) electrons.